The second kappa shape index (κ2) is 3.62. The SMILES string of the molecule is CCSc1cc(C)cc(N)n1. The van der Waals surface area contributed by atoms with E-state index in [9.17, 15) is 0 Å². The Hall–Kier alpha value is -0.700. The zero-order valence-electron chi connectivity index (χ0n) is 6.79. The first-order valence-corrected chi connectivity index (χ1v) is 4.58. The van der Waals surface area contributed by atoms with Gasteiger partial charge in [-0.25, -0.2) is 4.98 Å². The van der Waals surface area contributed by atoms with Crippen molar-refractivity contribution >= 4 is 17.6 Å². The fourth-order valence-corrected chi connectivity index (χ4v) is 1.62. The lowest BCUT2D eigenvalue weighted by atomic mass is 10.3. The summed E-state index contributed by atoms with van der Waals surface area (Å²) >= 11 is 1.71. The van der Waals surface area contributed by atoms with Crippen molar-refractivity contribution in [3.63, 3.8) is 0 Å². The van der Waals surface area contributed by atoms with Crippen LogP contribution in [0.2, 0.25) is 0 Å². The summed E-state index contributed by atoms with van der Waals surface area (Å²) in [5, 5.41) is 1.02. The van der Waals surface area contributed by atoms with E-state index < -0.39 is 0 Å². The zero-order valence-corrected chi connectivity index (χ0v) is 7.61. The maximum absolute atomic E-state index is 5.57. The largest absolute Gasteiger partial charge is 0.384 e. The van der Waals surface area contributed by atoms with Gasteiger partial charge in [-0.3, -0.25) is 0 Å². The first kappa shape index (κ1) is 8.40. The number of nitrogens with zero attached hydrogens (tertiary/aromatic N) is 1. The number of nitrogens with two attached hydrogens (primary N) is 1. The van der Waals surface area contributed by atoms with Gasteiger partial charge >= 0.3 is 0 Å². The molecule has 0 aliphatic rings. The quantitative estimate of drug-likeness (QED) is 0.687. The number of hydrogen-bond donors (Lipinski definition) is 1. The molecule has 60 valence electrons. The Kier molecular flexibility index (Phi) is 2.76. The van der Waals surface area contributed by atoms with Crippen LogP contribution < -0.4 is 5.73 Å². The molecule has 0 spiro atoms. The molecule has 0 radical (unpaired) electrons. The van der Waals surface area contributed by atoms with Gasteiger partial charge in [-0.15, -0.1) is 11.8 Å². The van der Waals surface area contributed by atoms with Crippen molar-refractivity contribution in [2.45, 2.75) is 18.9 Å². The predicted molar refractivity (Wildman–Crippen MR) is 49.8 cm³/mol. The van der Waals surface area contributed by atoms with Crippen LogP contribution >= 0.6 is 11.8 Å². The molecule has 1 aromatic rings. The van der Waals surface area contributed by atoms with E-state index in [0.717, 1.165) is 10.8 Å². The Morgan fingerprint density at radius 1 is 1.55 bits per heavy atom. The highest BCUT2D eigenvalue weighted by Crippen LogP contribution is 2.17. The molecule has 2 nitrogen and oxygen atoms in total. The molecule has 0 aliphatic carbocycles. The van der Waals surface area contributed by atoms with E-state index in [2.05, 4.69) is 11.9 Å². The minimum atomic E-state index is 0.612. The highest BCUT2D eigenvalue weighted by atomic mass is 32.2. The standard InChI is InChI=1S/C8H12N2S/c1-3-11-8-5-6(2)4-7(9)10-8/h4-5H,3H2,1-2H3,(H2,9,10). The first-order valence-electron chi connectivity index (χ1n) is 3.59. The van der Waals surface area contributed by atoms with Gasteiger partial charge in [0.2, 0.25) is 0 Å². The number of aromatic nitrogens is 1. The molecule has 0 aliphatic heterocycles. The molecule has 0 bridgehead atoms. The van der Waals surface area contributed by atoms with Gasteiger partial charge in [0.05, 0.1) is 5.03 Å². The third kappa shape index (κ3) is 2.42. The monoisotopic (exact) mass is 168 g/mol. The van der Waals surface area contributed by atoms with E-state index in [1.54, 1.807) is 11.8 Å². The van der Waals surface area contributed by atoms with E-state index in [-0.39, 0.29) is 0 Å². The van der Waals surface area contributed by atoms with Gasteiger partial charge in [-0.05, 0) is 30.4 Å². The number of nitrogen functional groups attached to an aromatic ring is 1. The summed E-state index contributed by atoms with van der Waals surface area (Å²) < 4.78 is 0. The number of anilines is 1. The van der Waals surface area contributed by atoms with E-state index in [0.29, 0.717) is 5.82 Å². The molecule has 1 aromatic heterocycles. The van der Waals surface area contributed by atoms with E-state index >= 15 is 0 Å². The van der Waals surface area contributed by atoms with E-state index in [1.807, 2.05) is 19.1 Å². The maximum atomic E-state index is 5.57. The van der Waals surface area contributed by atoms with Crippen molar-refractivity contribution in [1.82, 2.24) is 4.98 Å². The molecule has 0 saturated heterocycles. The second-order valence-corrected chi connectivity index (χ2v) is 3.62. The van der Waals surface area contributed by atoms with Crippen molar-refractivity contribution in [2.24, 2.45) is 0 Å². The lowest BCUT2D eigenvalue weighted by Gasteiger charge is -2.00. The van der Waals surface area contributed by atoms with Crippen LogP contribution in [0.25, 0.3) is 0 Å². The lowest BCUT2D eigenvalue weighted by molar-refractivity contribution is 1.12. The number of thioether (sulfide) groups is 1. The summed E-state index contributed by atoms with van der Waals surface area (Å²) in [6.45, 7) is 4.13. The van der Waals surface area contributed by atoms with Crippen LogP contribution in [0.3, 0.4) is 0 Å². The van der Waals surface area contributed by atoms with Gasteiger partial charge in [0.1, 0.15) is 5.82 Å². The Labute approximate surface area is 71.2 Å². The van der Waals surface area contributed by atoms with Crippen LogP contribution in [-0.4, -0.2) is 10.7 Å². The van der Waals surface area contributed by atoms with Gasteiger partial charge in [0.25, 0.3) is 0 Å². The van der Waals surface area contributed by atoms with Crippen molar-refractivity contribution < 1.29 is 0 Å². The fourth-order valence-electron chi connectivity index (χ4n) is 0.883. The highest BCUT2D eigenvalue weighted by Gasteiger charge is 1.95. The summed E-state index contributed by atoms with van der Waals surface area (Å²) in [6.07, 6.45) is 0. The summed E-state index contributed by atoms with van der Waals surface area (Å²) in [5.74, 6) is 1.65. The molecule has 0 unspecified atom stereocenters. The van der Waals surface area contributed by atoms with Gasteiger partial charge in [-0.2, -0.15) is 0 Å². The molecule has 3 heteroatoms. The fraction of sp³-hybridized carbons (Fsp3) is 0.375. The summed E-state index contributed by atoms with van der Waals surface area (Å²) in [4.78, 5) is 4.16. The number of aryl methyl sites for hydroxylation is 1. The highest BCUT2D eigenvalue weighted by molar-refractivity contribution is 7.99. The molecule has 2 N–H and O–H groups in total. The van der Waals surface area contributed by atoms with Crippen LogP contribution in [0.15, 0.2) is 17.2 Å². The van der Waals surface area contributed by atoms with E-state index in [4.69, 9.17) is 5.73 Å². The topological polar surface area (TPSA) is 38.9 Å². The predicted octanol–water partition coefficient (Wildman–Crippen LogP) is 2.08. The average molecular weight is 168 g/mol. The summed E-state index contributed by atoms with van der Waals surface area (Å²) in [5.41, 5.74) is 6.74. The van der Waals surface area contributed by atoms with Gasteiger partial charge < -0.3 is 5.73 Å². The maximum Gasteiger partial charge on any atom is 0.124 e. The first-order chi connectivity index (χ1) is 5.22. The minimum Gasteiger partial charge on any atom is -0.384 e. The molecule has 0 atom stereocenters. The third-order valence-corrected chi connectivity index (χ3v) is 2.05. The van der Waals surface area contributed by atoms with Crippen LogP contribution in [0.1, 0.15) is 12.5 Å². The number of rotatable bonds is 2. The van der Waals surface area contributed by atoms with Crippen molar-refractivity contribution in [2.75, 3.05) is 11.5 Å². The molecule has 1 heterocycles. The van der Waals surface area contributed by atoms with Crippen LogP contribution in [-0.2, 0) is 0 Å². The van der Waals surface area contributed by atoms with Crippen molar-refractivity contribution in [1.29, 1.82) is 0 Å². The number of pyridine rings is 1. The summed E-state index contributed by atoms with van der Waals surface area (Å²) in [6, 6.07) is 3.92. The van der Waals surface area contributed by atoms with Crippen LogP contribution in [0, 0.1) is 6.92 Å². The molecule has 0 fully saturated rings. The van der Waals surface area contributed by atoms with E-state index in [1.165, 1.54) is 5.56 Å². The molecule has 11 heavy (non-hydrogen) atoms. The molecular weight excluding hydrogens is 156 g/mol. The lowest BCUT2D eigenvalue weighted by Crippen LogP contribution is -1.92. The molecule has 0 amide bonds. The van der Waals surface area contributed by atoms with Crippen LogP contribution in [0.4, 0.5) is 5.82 Å². The van der Waals surface area contributed by atoms with Gasteiger partial charge in [-0.1, -0.05) is 6.92 Å². The zero-order chi connectivity index (χ0) is 8.27. The molecule has 0 saturated carbocycles. The Balaban J connectivity index is 2.89. The van der Waals surface area contributed by atoms with Crippen molar-refractivity contribution in [3.05, 3.63) is 17.7 Å². The Morgan fingerprint density at radius 3 is 2.82 bits per heavy atom. The summed E-state index contributed by atoms with van der Waals surface area (Å²) in [7, 11) is 0. The normalized spacial score (nSPS) is 10.0. The molecular formula is C8H12N2S. The molecule has 0 aromatic carbocycles. The third-order valence-electron chi connectivity index (χ3n) is 1.26. The Bertz CT molecular complexity index is 228. The van der Waals surface area contributed by atoms with Crippen molar-refractivity contribution in [3.8, 4) is 0 Å². The van der Waals surface area contributed by atoms with Gasteiger partial charge in [0, 0.05) is 0 Å². The molecule has 1 rings (SSSR count). The van der Waals surface area contributed by atoms with Gasteiger partial charge in [0.15, 0.2) is 0 Å². The Morgan fingerprint density at radius 2 is 2.27 bits per heavy atom. The number of hydrogen-bond acceptors (Lipinski definition) is 3. The second-order valence-electron chi connectivity index (χ2n) is 2.34. The smallest absolute Gasteiger partial charge is 0.124 e. The van der Waals surface area contributed by atoms with Crippen LogP contribution in [0.5, 0.6) is 0 Å². The minimum absolute atomic E-state index is 0.612. The average Bonchev–Trinajstić information content (AvgIpc) is 1.85.